The van der Waals surface area contributed by atoms with Gasteiger partial charge in [0.15, 0.2) is 12.6 Å². The van der Waals surface area contributed by atoms with Crippen LogP contribution in [0.5, 0.6) is 0 Å². The van der Waals surface area contributed by atoms with Crippen molar-refractivity contribution in [2.45, 2.75) is 90.2 Å². The second kappa shape index (κ2) is 18.6. The van der Waals surface area contributed by atoms with Gasteiger partial charge in [-0.05, 0) is 45.4 Å². The van der Waals surface area contributed by atoms with E-state index in [2.05, 4.69) is 17.6 Å². The molecule has 14 heteroatoms. The summed E-state index contributed by atoms with van der Waals surface area (Å²) in [6.45, 7) is 5.79. The smallest absolute Gasteiger partial charge is 0.372 e. The zero-order chi connectivity index (χ0) is 32.0. The van der Waals surface area contributed by atoms with E-state index >= 15 is 0 Å². The molecule has 6 N–H and O–H groups in total. The van der Waals surface area contributed by atoms with Gasteiger partial charge in [-0.3, -0.25) is 14.4 Å². The number of phosphoric ester groups is 1. The Morgan fingerprint density at radius 3 is 2.28 bits per heavy atom. The van der Waals surface area contributed by atoms with Crippen molar-refractivity contribution < 1.29 is 43.3 Å². The Balaban J connectivity index is 2.30. The molecule has 6 atom stereocenters. The van der Waals surface area contributed by atoms with Gasteiger partial charge in [0.2, 0.25) is 0 Å². The van der Waals surface area contributed by atoms with E-state index in [1.807, 2.05) is 0 Å². The first-order valence-electron chi connectivity index (χ1n) is 14.3. The van der Waals surface area contributed by atoms with Gasteiger partial charge < -0.3 is 35.0 Å². The fraction of sp³-hybridized carbons (Fsp3) is 0.586. The van der Waals surface area contributed by atoms with Crippen LogP contribution in [0, 0.1) is 0 Å². The molecular formula is C29H45Cl2N2O9P. The van der Waals surface area contributed by atoms with Crippen LogP contribution in [0.25, 0.3) is 0 Å². The Morgan fingerprint density at radius 1 is 0.977 bits per heavy atom. The van der Waals surface area contributed by atoms with Crippen LogP contribution >= 0.6 is 31.0 Å². The first kappa shape index (κ1) is 37.9. The molecule has 0 saturated carbocycles. The minimum Gasteiger partial charge on any atom is -0.372 e. The topological polar surface area (TPSA) is 159 Å². The fourth-order valence-corrected chi connectivity index (χ4v) is 5.57. The van der Waals surface area contributed by atoms with Crippen LogP contribution in [-0.4, -0.2) is 64.8 Å². The van der Waals surface area contributed by atoms with E-state index in [1.165, 1.54) is 13.8 Å². The number of ether oxygens (including phenoxy) is 2. The zero-order valence-corrected chi connectivity index (χ0v) is 27.4. The molecule has 0 radical (unpaired) electrons. The van der Waals surface area contributed by atoms with Gasteiger partial charge in [-0.25, -0.2) is 4.57 Å². The first-order valence-corrected chi connectivity index (χ1v) is 16.6. The van der Waals surface area contributed by atoms with Crippen LogP contribution in [-0.2, 0) is 28.8 Å². The Labute approximate surface area is 264 Å². The van der Waals surface area contributed by atoms with Gasteiger partial charge in [-0.15, -0.1) is 0 Å². The van der Waals surface area contributed by atoms with E-state index in [-0.39, 0.29) is 13.2 Å². The van der Waals surface area contributed by atoms with Crippen LogP contribution in [0.4, 0.5) is 11.4 Å². The second-order valence-electron chi connectivity index (χ2n) is 10.2. The summed E-state index contributed by atoms with van der Waals surface area (Å²) in [5.74, 6) is 0. The average Bonchev–Trinajstić information content (AvgIpc) is 2.94. The molecule has 2 aromatic carbocycles. The number of aliphatic hydroxyl groups excluding tert-OH is 2. The van der Waals surface area contributed by atoms with Gasteiger partial charge >= 0.3 is 7.82 Å². The Morgan fingerprint density at radius 2 is 1.65 bits per heavy atom. The third kappa shape index (κ3) is 13.3. The first-order chi connectivity index (χ1) is 20.3. The summed E-state index contributed by atoms with van der Waals surface area (Å²) in [4.78, 5) is 9.83. The van der Waals surface area contributed by atoms with Crippen molar-refractivity contribution in [2.75, 3.05) is 25.1 Å². The molecule has 11 nitrogen and oxygen atoms in total. The number of rotatable bonds is 21. The summed E-state index contributed by atoms with van der Waals surface area (Å²) in [6.07, 6.45) is 0.310. The minimum absolute atomic E-state index is 0.0516. The third-order valence-corrected chi connectivity index (χ3v) is 8.11. The van der Waals surface area contributed by atoms with Gasteiger partial charge in [-0.2, -0.15) is 0 Å². The summed E-state index contributed by atoms with van der Waals surface area (Å²) >= 11 is 12.7. The number of para-hydroxylation sites is 2. The molecule has 0 aliphatic rings. The molecule has 0 fully saturated rings. The van der Waals surface area contributed by atoms with E-state index in [4.69, 9.17) is 41.7 Å². The van der Waals surface area contributed by atoms with Gasteiger partial charge in [0.1, 0.15) is 11.8 Å². The molecule has 2 aromatic rings. The highest BCUT2D eigenvalue weighted by Gasteiger charge is 2.34. The molecule has 43 heavy (non-hydrogen) atoms. The number of anilines is 2. The van der Waals surface area contributed by atoms with Crippen molar-refractivity contribution in [3.05, 3.63) is 58.1 Å². The molecule has 0 saturated heterocycles. The maximum Gasteiger partial charge on any atom is 0.472 e. The normalized spacial score (nSPS) is 17.4. The van der Waals surface area contributed by atoms with Crippen molar-refractivity contribution in [1.29, 1.82) is 0 Å². The molecule has 0 aromatic heterocycles. The number of aliphatic hydroxyl groups is 3. The van der Waals surface area contributed by atoms with E-state index < -0.39 is 44.9 Å². The van der Waals surface area contributed by atoms with E-state index in [0.717, 1.165) is 25.7 Å². The van der Waals surface area contributed by atoms with Gasteiger partial charge in [0.25, 0.3) is 0 Å². The summed E-state index contributed by atoms with van der Waals surface area (Å²) in [5, 5.41) is 39.7. The molecule has 0 bridgehead atoms. The zero-order valence-electron chi connectivity index (χ0n) is 25.0. The molecule has 0 aliphatic carbocycles. The monoisotopic (exact) mass is 666 g/mol. The number of nitrogens with one attached hydrogen (secondary N) is 2. The lowest BCUT2D eigenvalue weighted by atomic mass is 9.98. The Hall–Kier alpha value is -1.31. The molecule has 6 unspecified atom stereocenters. The van der Waals surface area contributed by atoms with Crippen molar-refractivity contribution in [2.24, 2.45) is 0 Å². The predicted molar refractivity (Wildman–Crippen MR) is 167 cm³/mol. The van der Waals surface area contributed by atoms with Crippen molar-refractivity contribution in [3.63, 3.8) is 0 Å². The van der Waals surface area contributed by atoms with E-state index in [0.29, 0.717) is 33.4 Å². The molecule has 0 spiro atoms. The largest absolute Gasteiger partial charge is 0.472 e. The maximum atomic E-state index is 12.1. The van der Waals surface area contributed by atoms with Crippen LogP contribution in [0.15, 0.2) is 42.5 Å². The quantitative estimate of drug-likeness (QED) is 0.0524. The minimum atomic E-state index is -4.36. The number of phosphoric acid groups is 1. The molecule has 0 amide bonds. The molecule has 0 heterocycles. The van der Waals surface area contributed by atoms with Gasteiger partial charge in [-0.1, -0.05) is 80.1 Å². The number of unbranched alkanes of at least 4 members (excludes halogenated alkanes) is 3. The molecule has 244 valence electrons. The lowest BCUT2D eigenvalue weighted by Gasteiger charge is -2.36. The number of hydrogen-bond acceptors (Lipinski definition) is 10. The van der Waals surface area contributed by atoms with E-state index in [9.17, 15) is 24.8 Å². The maximum absolute atomic E-state index is 12.1. The van der Waals surface area contributed by atoms with Crippen LogP contribution in [0.3, 0.4) is 0 Å². The lowest BCUT2D eigenvalue weighted by Crippen LogP contribution is -2.53. The Bertz CT molecular complexity index is 1140. The summed E-state index contributed by atoms with van der Waals surface area (Å²) in [6, 6.07) is 11.4. The highest BCUT2D eigenvalue weighted by molar-refractivity contribution is 7.47. The van der Waals surface area contributed by atoms with Crippen LogP contribution in [0.1, 0.15) is 65.4 Å². The summed E-state index contributed by atoms with van der Waals surface area (Å²) in [7, 11) is -4.36. The van der Waals surface area contributed by atoms with Crippen LogP contribution < -0.4 is 10.6 Å². The van der Waals surface area contributed by atoms with Crippen LogP contribution in [0.2, 0.25) is 10.0 Å². The standard InChI is InChI=1S/C29H45Cl2N2O9P/c1-5-7-8-9-17-26(28(35)42-21(18-39-20(3)34)19-41-43(37,38)40-6-2)33-29(4,36)22-13-10-11-16-25(22)32-27-23(30)14-12-15-24(27)31/h10-16,20-21,26,28,32-36H,5-9,17-19H2,1-4H3,(H,37,38). The van der Waals surface area contributed by atoms with E-state index in [1.54, 1.807) is 49.4 Å². The lowest BCUT2D eigenvalue weighted by molar-refractivity contribution is -0.200. The number of hydrogen-bond donors (Lipinski definition) is 6. The molecular weight excluding hydrogens is 622 g/mol. The van der Waals surface area contributed by atoms with Gasteiger partial charge in [0.05, 0.1) is 41.6 Å². The fourth-order valence-electron chi connectivity index (χ4n) is 4.33. The third-order valence-electron chi connectivity index (χ3n) is 6.42. The van der Waals surface area contributed by atoms with Crippen molar-refractivity contribution in [3.8, 4) is 0 Å². The van der Waals surface area contributed by atoms with Crippen molar-refractivity contribution in [1.82, 2.24) is 5.32 Å². The van der Waals surface area contributed by atoms with Crippen molar-refractivity contribution >= 4 is 42.4 Å². The van der Waals surface area contributed by atoms with Gasteiger partial charge in [0, 0.05) is 11.3 Å². The summed E-state index contributed by atoms with van der Waals surface area (Å²) < 4.78 is 32.8. The molecule has 2 rings (SSSR count). The number of benzene rings is 2. The Kier molecular flexibility index (Phi) is 16.4. The average molecular weight is 668 g/mol. The second-order valence-corrected chi connectivity index (χ2v) is 12.5. The molecule has 0 aliphatic heterocycles. The predicted octanol–water partition coefficient (Wildman–Crippen LogP) is 6.04. The summed E-state index contributed by atoms with van der Waals surface area (Å²) in [5.41, 5.74) is -0.231. The highest BCUT2D eigenvalue weighted by atomic mass is 35.5. The highest BCUT2D eigenvalue weighted by Crippen LogP contribution is 2.43. The number of halogens is 2. The SMILES string of the molecule is CCCCCCC(NC(C)(O)c1ccccc1Nc1c(Cl)cccc1Cl)C(O)OC(COC(C)O)COP(=O)(O)OCC.